The van der Waals surface area contributed by atoms with Gasteiger partial charge in [0.1, 0.15) is 0 Å². The second-order valence-electron chi connectivity index (χ2n) is 3.11. The van der Waals surface area contributed by atoms with Gasteiger partial charge in [0.2, 0.25) is 0 Å². The van der Waals surface area contributed by atoms with E-state index in [1.54, 1.807) is 0 Å². The first-order chi connectivity index (χ1) is 5.59. The molecule has 0 aliphatic heterocycles. The predicted octanol–water partition coefficient (Wildman–Crippen LogP) is -0.826. The Balaban J connectivity index is 4.63. The lowest BCUT2D eigenvalue weighted by molar-refractivity contribution is -0.193. The second-order valence-corrected chi connectivity index (χ2v) is 8.39. The molecule has 13 heavy (non-hydrogen) atoms. The van der Waals surface area contributed by atoms with Gasteiger partial charge in [-0.2, -0.15) is 0 Å². The maximum Gasteiger partial charge on any atom is 0.0863 e. The molecule has 2 unspecified atom stereocenters. The highest BCUT2D eigenvalue weighted by molar-refractivity contribution is 7.71. The molecule has 0 amide bonds. The molecule has 0 N–H and O–H groups in total. The summed E-state index contributed by atoms with van der Waals surface area (Å²) in [6.45, 7) is 0. The molecule has 0 saturated heterocycles. The van der Waals surface area contributed by atoms with E-state index in [2.05, 4.69) is 0 Å². The van der Waals surface area contributed by atoms with Crippen molar-refractivity contribution >= 4 is 15.0 Å². The minimum atomic E-state index is -3.97. The molecule has 0 spiro atoms. The SMILES string of the molecule is CN(C)P(=O)([O-])CP(=O)([O-])N(C)C. The first-order valence-corrected chi connectivity index (χ1v) is 7.08. The van der Waals surface area contributed by atoms with Gasteiger partial charge in [0, 0.05) is 0 Å². The standard InChI is InChI=1S/C5H16N2O4P2/c1-6(2)12(8,9)5-13(10,11)7(3)4/h5H2,1-4H3,(H,8,9)(H,10,11)/p-2. The first-order valence-electron chi connectivity index (χ1n) is 3.55. The van der Waals surface area contributed by atoms with Crippen molar-refractivity contribution in [2.75, 3.05) is 34.1 Å². The van der Waals surface area contributed by atoms with Crippen LogP contribution in [0.1, 0.15) is 0 Å². The van der Waals surface area contributed by atoms with Crippen molar-refractivity contribution < 1.29 is 18.9 Å². The summed E-state index contributed by atoms with van der Waals surface area (Å²) in [5.41, 5.74) is 0. The van der Waals surface area contributed by atoms with Crippen molar-refractivity contribution in [2.24, 2.45) is 0 Å². The summed E-state index contributed by atoms with van der Waals surface area (Å²) in [7, 11) is -2.71. The van der Waals surface area contributed by atoms with E-state index >= 15 is 0 Å². The maximum atomic E-state index is 11.2. The second kappa shape index (κ2) is 4.22. The van der Waals surface area contributed by atoms with Crippen molar-refractivity contribution in [2.45, 2.75) is 0 Å². The average Bonchev–Trinajstić information content (AvgIpc) is 1.83. The Morgan fingerprint density at radius 1 is 0.923 bits per heavy atom. The molecule has 0 aliphatic carbocycles. The van der Waals surface area contributed by atoms with Crippen LogP contribution in [-0.2, 0) is 9.13 Å². The minimum absolute atomic E-state index is 0.833. The Labute approximate surface area is 78.2 Å². The molecule has 0 rings (SSSR count). The maximum absolute atomic E-state index is 11.2. The number of hydrogen-bond donors (Lipinski definition) is 0. The van der Waals surface area contributed by atoms with Crippen molar-refractivity contribution in [3.63, 3.8) is 0 Å². The molecule has 0 aromatic carbocycles. The topological polar surface area (TPSA) is 86.7 Å². The fraction of sp³-hybridized carbons (Fsp3) is 1.00. The predicted molar refractivity (Wildman–Crippen MR) is 47.5 cm³/mol. The van der Waals surface area contributed by atoms with Gasteiger partial charge in [-0.05, 0) is 28.2 Å². The Morgan fingerprint density at radius 2 is 1.15 bits per heavy atom. The summed E-state index contributed by atoms with van der Waals surface area (Å²) >= 11 is 0. The van der Waals surface area contributed by atoms with Crippen molar-refractivity contribution in [1.29, 1.82) is 0 Å². The highest BCUT2D eigenvalue weighted by atomic mass is 31.2. The van der Waals surface area contributed by atoms with E-state index in [0.29, 0.717) is 0 Å². The molecule has 80 valence electrons. The van der Waals surface area contributed by atoms with Gasteiger partial charge in [-0.3, -0.25) is 9.34 Å². The minimum Gasteiger partial charge on any atom is -0.787 e. The average molecular weight is 228 g/mol. The molecule has 0 bridgehead atoms. The van der Waals surface area contributed by atoms with Gasteiger partial charge in [0.15, 0.2) is 0 Å². The molecular formula is C5H14N2O4P2-2. The lowest BCUT2D eigenvalue weighted by atomic mass is 11.3. The molecule has 0 aliphatic rings. The van der Waals surface area contributed by atoms with Crippen LogP contribution in [0.2, 0.25) is 0 Å². The van der Waals surface area contributed by atoms with Crippen molar-refractivity contribution in [3.05, 3.63) is 0 Å². The molecule has 6 nitrogen and oxygen atoms in total. The molecule has 0 aromatic rings. The normalized spacial score (nSPS) is 21.5. The molecular weight excluding hydrogens is 214 g/mol. The van der Waals surface area contributed by atoms with Crippen LogP contribution in [0.3, 0.4) is 0 Å². The zero-order chi connectivity index (χ0) is 10.9. The van der Waals surface area contributed by atoms with Crippen LogP contribution < -0.4 is 9.79 Å². The summed E-state index contributed by atoms with van der Waals surface area (Å²) in [6, 6.07) is 0. The van der Waals surface area contributed by atoms with Gasteiger partial charge in [0.05, 0.1) is 20.9 Å². The Morgan fingerprint density at radius 3 is 1.31 bits per heavy atom. The third kappa shape index (κ3) is 3.90. The van der Waals surface area contributed by atoms with Crippen LogP contribution in [0.5, 0.6) is 0 Å². The zero-order valence-electron chi connectivity index (χ0n) is 8.13. The quantitative estimate of drug-likeness (QED) is 0.584. The van der Waals surface area contributed by atoms with E-state index in [-0.39, 0.29) is 0 Å². The summed E-state index contributed by atoms with van der Waals surface area (Å²) in [5.74, 6) is -0.833. The largest absolute Gasteiger partial charge is 0.787 e. The monoisotopic (exact) mass is 228 g/mol. The Hall–Kier alpha value is 0.300. The van der Waals surface area contributed by atoms with Crippen LogP contribution in [0.4, 0.5) is 0 Å². The van der Waals surface area contributed by atoms with Crippen molar-refractivity contribution in [1.82, 2.24) is 9.34 Å². The summed E-state index contributed by atoms with van der Waals surface area (Å²) in [4.78, 5) is 22.4. The lowest BCUT2D eigenvalue weighted by Gasteiger charge is -2.38. The lowest BCUT2D eigenvalue weighted by Crippen LogP contribution is -2.27. The van der Waals surface area contributed by atoms with Gasteiger partial charge < -0.3 is 18.9 Å². The van der Waals surface area contributed by atoms with Gasteiger partial charge in [0.25, 0.3) is 0 Å². The smallest absolute Gasteiger partial charge is 0.0863 e. The fourth-order valence-corrected chi connectivity index (χ4v) is 4.31. The number of nitrogens with zero attached hydrogens (tertiary/aromatic N) is 2. The zero-order valence-corrected chi connectivity index (χ0v) is 9.92. The van der Waals surface area contributed by atoms with E-state index in [4.69, 9.17) is 0 Å². The molecule has 0 radical (unpaired) electrons. The first kappa shape index (κ1) is 13.3. The highest BCUT2D eigenvalue weighted by Gasteiger charge is 2.20. The third-order valence-corrected chi connectivity index (χ3v) is 6.87. The van der Waals surface area contributed by atoms with Gasteiger partial charge in [-0.1, -0.05) is 0 Å². The number of hydrogen-bond acceptors (Lipinski definition) is 4. The molecule has 2 atom stereocenters. The highest BCUT2D eigenvalue weighted by Crippen LogP contribution is 2.53. The Bertz CT molecular complexity index is 239. The van der Waals surface area contributed by atoms with Crippen LogP contribution in [-0.4, -0.2) is 43.4 Å². The molecule has 0 aromatic heterocycles. The summed E-state index contributed by atoms with van der Waals surface area (Å²) in [5, 5.41) is 0. The number of rotatable bonds is 4. The van der Waals surface area contributed by atoms with Crippen LogP contribution in [0.15, 0.2) is 0 Å². The molecule has 0 saturated carbocycles. The molecule has 0 heterocycles. The van der Waals surface area contributed by atoms with Gasteiger partial charge in [-0.25, -0.2) is 0 Å². The van der Waals surface area contributed by atoms with Gasteiger partial charge >= 0.3 is 0 Å². The van der Waals surface area contributed by atoms with E-state index in [0.717, 1.165) is 9.34 Å². The van der Waals surface area contributed by atoms with E-state index in [1.165, 1.54) is 28.2 Å². The van der Waals surface area contributed by atoms with Crippen molar-refractivity contribution in [3.8, 4) is 0 Å². The Kier molecular flexibility index (Phi) is 4.31. The fourth-order valence-electron chi connectivity index (χ4n) is 0.479. The molecule has 0 fully saturated rings. The van der Waals surface area contributed by atoms with Crippen LogP contribution in [0.25, 0.3) is 0 Å². The van der Waals surface area contributed by atoms with E-state index in [9.17, 15) is 18.9 Å². The third-order valence-electron chi connectivity index (χ3n) is 1.58. The summed E-state index contributed by atoms with van der Waals surface area (Å²) in [6.07, 6.45) is 0. The van der Waals surface area contributed by atoms with Crippen LogP contribution in [0, 0.1) is 0 Å². The van der Waals surface area contributed by atoms with E-state index < -0.39 is 20.9 Å². The summed E-state index contributed by atoms with van der Waals surface area (Å²) < 4.78 is 24.2. The van der Waals surface area contributed by atoms with E-state index in [1.807, 2.05) is 0 Å². The van der Waals surface area contributed by atoms with Crippen LogP contribution >= 0.6 is 15.0 Å². The van der Waals surface area contributed by atoms with Gasteiger partial charge in [-0.15, -0.1) is 0 Å². The molecule has 8 heteroatoms.